The van der Waals surface area contributed by atoms with E-state index in [1.165, 1.54) is 18.0 Å². The third kappa shape index (κ3) is 5.61. The van der Waals surface area contributed by atoms with Crippen LogP contribution in [0.1, 0.15) is 13.8 Å². The first-order chi connectivity index (χ1) is 13.4. The zero-order chi connectivity index (χ0) is 20.1. The number of nitrogens with one attached hydrogen (secondary N) is 1. The summed E-state index contributed by atoms with van der Waals surface area (Å²) in [6.07, 6.45) is 1.03. The molecule has 2 atom stereocenters. The van der Waals surface area contributed by atoms with Crippen LogP contribution in [0.3, 0.4) is 0 Å². The Morgan fingerprint density at radius 1 is 1.31 bits per heavy atom. The van der Waals surface area contributed by atoms with Crippen LogP contribution in [0, 0.1) is 0 Å². The lowest BCUT2D eigenvalue weighted by atomic mass is 10.1. The molecule has 2 heterocycles. The summed E-state index contributed by atoms with van der Waals surface area (Å²) >= 11 is 13.4. The van der Waals surface area contributed by atoms with E-state index in [0.29, 0.717) is 28.2 Å². The van der Waals surface area contributed by atoms with E-state index in [2.05, 4.69) is 10.3 Å². The number of hydrogen-bond acceptors (Lipinski definition) is 7. The highest BCUT2D eigenvalue weighted by Crippen LogP contribution is 2.35. The molecule has 1 aliphatic heterocycles. The standard InChI is InChI=1S/C19H20Cl2N2O4S.ClH/c1-3-25-18(24)19(23-8-9-28-19)12(2)26-14-4-6-15(7-5-14)27-17-16(21)10-13(20)11-22-17;/h4-7,10-12,23H,3,8-9H2,1-2H3;1H. The monoisotopic (exact) mass is 478 g/mol. The maximum atomic E-state index is 12.5. The molecule has 0 bridgehead atoms. The second-order valence-corrected chi connectivity index (χ2v) is 8.19. The van der Waals surface area contributed by atoms with Crippen molar-refractivity contribution in [2.75, 3.05) is 18.9 Å². The third-order valence-electron chi connectivity index (χ3n) is 4.10. The predicted molar refractivity (Wildman–Crippen MR) is 118 cm³/mol. The summed E-state index contributed by atoms with van der Waals surface area (Å²) in [7, 11) is 0. The first kappa shape index (κ1) is 23.9. The van der Waals surface area contributed by atoms with Gasteiger partial charge < -0.3 is 14.2 Å². The van der Waals surface area contributed by atoms with Crippen LogP contribution in [0.2, 0.25) is 10.0 Å². The van der Waals surface area contributed by atoms with Crippen LogP contribution in [0.4, 0.5) is 0 Å². The van der Waals surface area contributed by atoms with Crippen molar-refractivity contribution in [1.82, 2.24) is 10.3 Å². The number of thioether (sulfide) groups is 1. The summed E-state index contributed by atoms with van der Waals surface area (Å²) in [4.78, 5) is 15.6. The second kappa shape index (κ2) is 10.6. The van der Waals surface area contributed by atoms with Crippen LogP contribution < -0.4 is 14.8 Å². The van der Waals surface area contributed by atoms with Gasteiger partial charge in [-0.05, 0) is 44.2 Å². The van der Waals surface area contributed by atoms with Crippen LogP contribution in [0.5, 0.6) is 17.4 Å². The van der Waals surface area contributed by atoms with Gasteiger partial charge in [0.2, 0.25) is 10.8 Å². The molecule has 0 saturated carbocycles. The van der Waals surface area contributed by atoms with Gasteiger partial charge in [0.05, 0.1) is 11.6 Å². The smallest absolute Gasteiger partial charge is 0.340 e. The number of halogens is 3. The van der Waals surface area contributed by atoms with Crippen molar-refractivity contribution in [2.45, 2.75) is 24.8 Å². The number of hydrogen-bond donors (Lipinski definition) is 1. The number of benzene rings is 1. The molecule has 1 N–H and O–H groups in total. The van der Waals surface area contributed by atoms with Crippen LogP contribution in [-0.2, 0) is 9.53 Å². The minimum atomic E-state index is -0.911. The van der Waals surface area contributed by atoms with E-state index in [4.69, 9.17) is 37.4 Å². The molecule has 2 aromatic rings. The number of pyridine rings is 1. The zero-order valence-corrected chi connectivity index (χ0v) is 19.0. The Balaban J connectivity index is 0.00000300. The third-order valence-corrected chi connectivity index (χ3v) is 6.08. The van der Waals surface area contributed by atoms with Crippen molar-refractivity contribution < 1.29 is 19.0 Å². The van der Waals surface area contributed by atoms with Crippen molar-refractivity contribution in [3.05, 3.63) is 46.6 Å². The SMILES string of the molecule is CCOC(=O)C1(C(C)Oc2ccc(Oc3ncc(Cl)cc3Cl)cc2)NCCS1.Cl. The van der Waals surface area contributed by atoms with Crippen molar-refractivity contribution in [1.29, 1.82) is 0 Å². The molecular weight excluding hydrogens is 459 g/mol. The minimum Gasteiger partial charge on any atom is -0.487 e. The van der Waals surface area contributed by atoms with Gasteiger partial charge in [0.15, 0.2) is 0 Å². The van der Waals surface area contributed by atoms with Gasteiger partial charge in [-0.15, -0.1) is 24.2 Å². The first-order valence-electron chi connectivity index (χ1n) is 8.76. The zero-order valence-electron chi connectivity index (χ0n) is 15.8. The summed E-state index contributed by atoms with van der Waals surface area (Å²) in [5.74, 6) is 1.92. The molecule has 3 rings (SSSR count). The molecule has 0 aliphatic carbocycles. The fourth-order valence-electron chi connectivity index (χ4n) is 2.76. The lowest BCUT2D eigenvalue weighted by Gasteiger charge is -2.32. The van der Waals surface area contributed by atoms with Gasteiger partial charge in [-0.25, -0.2) is 9.78 Å². The van der Waals surface area contributed by atoms with E-state index in [0.717, 1.165) is 12.3 Å². The Bertz CT molecular complexity index is 833. The Kier molecular flexibility index (Phi) is 8.73. The average Bonchev–Trinajstić information content (AvgIpc) is 3.17. The Labute approximate surface area is 190 Å². The van der Waals surface area contributed by atoms with Crippen LogP contribution >= 0.6 is 47.4 Å². The normalized spacial score (nSPS) is 19.2. The summed E-state index contributed by atoms with van der Waals surface area (Å²) < 4.78 is 16.9. The number of carbonyl (C=O) groups is 1. The summed E-state index contributed by atoms with van der Waals surface area (Å²) in [5.41, 5.74) is 0. The maximum Gasteiger partial charge on any atom is 0.340 e. The first-order valence-corrected chi connectivity index (χ1v) is 10.5. The molecule has 0 radical (unpaired) electrons. The number of aromatic nitrogens is 1. The minimum absolute atomic E-state index is 0. The highest BCUT2D eigenvalue weighted by atomic mass is 35.5. The van der Waals surface area contributed by atoms with Crippen LogP contribution in [0.25, 0.3) is 0 Å². The molecule has 0 amide bonds. The van der Waals surface area contributed by atoms with Gasteiger partial charge in [0, 0.05) is 18.5 Å². The molecule has 1 aromatic carbocycles. The number of carbonyl (C=O) groups excluding carboxylic acids is 1. The van der Waals surface area contributed by atoms with Gasteiger partial charge in [-0.1, -0.05) is 23.2 Å². The second-order valence-electron chi connectivity index (χ2n) is 6.01. The van der Waals surface area contributed by atoms with E-state index >= 15 is 0 Å². The predicted octanol–water partition coefficient (Wildman–Crippen LogP) is 4.97. The van der Waals surface area contributed by atoms with Gasteiger partial charge in [-0.2, -0.15) is 0 Å². The highest BCUT2D eigenvalue weighted by molar-refractivity contribution is 8.01. The Morgan fingerprint density at radius 3 is 2.59 bits per heavy atom. The van der Waals surface area contributed by atoms with E-state index in [1.807, 2.05) is 6.92 Å². The van der Waals surface area contributed by atoms with E-state index in [9.17, 15) is 4.79 Å². The fourth-order valence-corrected chi connectivity index (χ4v) is 4.37. The Morgan fingerprint density at radius 2 is 2.00 bits per heavy atom. The molecular formula is C19H21Cl3N2O4S. The van der Waals surface area contributed by atoms with Gasteiger partial charge in [-0.3, -0.25) is 5.32 Å². The molecule has 6 nitrogen and oxygen atoms in total. The number of esters is 1. The summed E-state index contributed by atoms with van der Waals surface area (Å²) in [6, 6.07) is 8.55. The van der Waals surface area contributed by atoms with E-state index in [1.54, 1.807) is 37.3 Å². The van der Waals surface area contributed by atoms with Gasteiger partial charge in [0.25, 0.3) is 0 Å². The van der Waals surface area contributed by atoms with Gasteiger partial charge in [0.1, 0.15) is 22.6 Å². The summed E-state index contributed by atoms with van der Waals surface area (Å²) in [6.45, 7) is 4.68. The molecule has 1 aliphatic rings. The van der Waals surface area contributed by atoms with E-state index < -0.39 is 11.0 Å². The molecule has 1 fully saturated rings. The lowest BCUT2D eigenvalue weighted by molar-refractivity contribution is -0.149. The lowest BCUT2D eigenvalue weighted by Crippen LogP contribution is -2.56. The van der Waals surface area contributed by atoms with Gasteiger partial charge >= 0.3 is 5.97 Å². The van der Waals surface area contributed by atoms with Crippen molar-refractivity contribution in [3.8, 4) is 17.4 Å². The van der Waals surface area contributed by atoms with Crippen LogP contribution in [-0.4, -0.2) is 40.8 Å². The largest absolute Gasteiger partial charge is 0.487 e. The average molecular weight is 480 g/mol. The molecule has 1 saturated heterocycles. The van der Waals surface area contributed by atoms with Crippen LogP contribution in [0.15, 0.2) is 36.5 Å². The number of nitrogens with zero attached hydrogens (tertiary/aromatic N) is 1. The maximum absolute atomic E-state index is 12.5. The molecule has 0 spiro atoms. The molecule has 158 valence electrons. The van der Waals surface area contributed by atoms with Crippen molar-refractivity contribution >= 4 is 53.3 Å². The molecule has 2 unspecified atom stereocenters. The van der Waals surface area contributed by atoms with Crippen molar-refractivity contribution in [2.24, 2.45) is 0 Å². The number of rotatable bonds is 7. The van der Waals surface area contributed by atoms with E-state index in [-0.39, 0.29) is 24.3 Å². The number of ether oxygens (including phenoxy) is 3. The quantitative estimate of drug-likeness (QED) is 0.562. The highest BCUT2D eigenvalue weighted by Gasteiger charge is 2.49. The topological polar surface area (TPSA) is 69.7 Å². The molecule has 1 aromatic heterocycles. The summed E-state index contributed by atoms with van der Waals surface area (Å²) in [5, 5.41) is 3.99. The fraction of sp³-hybridized carbons (Fsp3) is 0.368. The molecule has 29 heavy (non-hydrogen) atoms. The molecule has 10 heteroatoms. The van der Waals surface area contributed by atoms with Crippen molar-refractivity contribution in [3.63, 3.8) is 0 Å². The Hall–Kier alpha value is -1.38.